The van der Waals surface area contributed by atoms with Crippen LogP contribution in [0.5, 0.6) is 5.75 Å². The van der Waals surface area contributed by atoms with Crippen LogP contribution < -0.4 is 4.74 Å². The number of ether oxygens (including phenoxy) is 1. The van der Waals surface area contributed by atoms with Gasteiger partial charge < -0.3 is 4.74 Å². The van der Waals surface area contributed by atoms with E-state index in [4.69, 9.17) is 16.3 Å². The van der Waals surface area contributed by atoms with Crippen molar-refractivity contribution in [2.75, 3.05) is 6.61 Å². The summed E-state index contributed by atoms with van der Waals surface area (Å²) in [7, 11) is 0. The van der Waals surface area contributed by atoms with E-state index in [2.05, 4.69) is 30.7 Å². The largest absolute Gasteiger partial charge is 0.490 e. The number of nitrogens with zero attached hydrogens (tertiary/aromatic N) is 2. The summed E-state index contributed by atoms with van der Waals surface area (Å²) in [6.45, 7) is 7.29. The highest BCUT2D eigenvalue weighted by molar-refractivity contribution is 6.31. The summed E-state index contributed by atoms with van der Waals surface area (Å²) in [6.07, 6.45) is 2.93. The molecule has 0 radical (unpaired) electrons. The van der Waals surface area contributed by atoms with Gasteiger partial charge in [0.1, 0.15) is 0 Å². The first-order valence-electron chi connectivity index (χ1n) is 8.68. The van der Waals surface area contributed by atoms with E-state index in [0.717, 1.165) is 28.6 Å². The second-order valence-corrected chi connectivity index (χ2v) is 7.26. The molecule has 3 nitrogen and oxygen atoms in total. The molecule has 3 rings (SSSR count). The quantitative estimate of drug-likeness (QED) is 0.508. The standard InChI is InChI=1S/C21H23ClN2O/c1-14(2)12-15(3)13-25-20-9-8-19(24-21(20)22)17-10-11-23-18-7-5-4-6-16(17)18/h4-11,14-15H,12-13H2,1-3H3/t15-/m1/s1. The molecule has 0 fully saturated rings. The van der Waals surface area contributed by atoms with E-state index < -0.39 is 0 Å². The monoisotopic (exact) mass is 354 g/mol. The fraction of sp³-hybridized carbons (Fsp3) is 0.333. The van der Waals surface area contributed by atoms with Gasteiger partial charge in [0.2, 0.25) is 0 Å². The molecule has 0 amide bonds. The van der Waals surface area contributed by atoms with E-state index in [1.807, 2.05) is 42.5 Å². The third-order valence-corrected chi connectivity index (χ3v) is 4.41. The van der Waals surface area contributed by atoms with Gasteiger partial charge in [-0.3, -0.25) is 4.98 Å². The summed E-state index contributed by atoms with van der Waals surface area (Å²) in [5.41, 5.74) is 2.79. The molecule has 1 atom stereocenters. The van der Waals surface area contributed by atoms with E-state index in [1.165, 1.54) is 0 Å². The van der Waals surface area contributed by atoms with Crippen LogP contribution in [0.4, 0.5) is 0 Å². The van der Waals surface area contributed by atoms with Crippen LogP contribution in [0.25, 0.3) is 22.2 Å². The van der Waals surface area contributed by atoms with Gasteiger partial charge >= 0.3 is 0 Å². The summed E-state index contributed by atoms with van der Waals surface area (Å²) in [5, 5.41) is 1.46. The average molecular weight is 355 g/mol. The molecule has 0 aliphatic rings. The molecule has 0 spiro atoms. The lowest BCUT2D eigenvalue weighted by Crippen LogP contribution is -2.11. The zero-order chi connectivity index (χ0) is 17.8. The molecule has 3 aromatic rings. The van der Waals surface area contributed by atoms with Gasteiger partial charge in [0.15, 0.2) is 10.9 Å². The maximum absolute atomic E-state index is 6.37. The van der Waals surface area contributed by atoms with Gasteiger partial charge in [-0.25, -0.2) is 4.98 Å². The number of fused-ring (bicyclic) bond motifs is 1. The van der Waals surface area contributed by atoms with Crippen molar-refractivity contribution >= 4 is 22.5 Å². The Morgan fingerprint density at radius 2 is 1.84 bits per heavy atom. The number of rotatable bonds is 6. The van der Waals surface area contributed by atoms with Crippen LogP contribution >= 0.6 is 11.6 Å². The molecule has 25 heavy (non-hydrogen) atoms. The summed E-state index contributed by atoms with van der Waals surface area (Å²) in [4.78, 5) is 8.94. The van der Waals surface area contributed by atoms with Crippen LogP contribution in [-0.4, -0.2) is 16.6 Å². The molecule has 0 unspecified atom stereocenters. The van der Waals surface area contributed by atoms with Crippen LogP contribution in [0.3, 0.4) is 0 Å². The Morgan fingerprint density at radius 3 is 2.60 bits per heavy atom. The van der Waals surface area contributed by atoms with E-state index >= 15 is 0 Å². The number of pyridine rings is 2. The maximum atomic E-state index is 6.37. The number of para-hydroxylation sites is 1. The summed E-state index contributed by atoms with van der Waals surface area (Å²) in [6, 6.07) is 13.8. The molecule has 0 bridgehead atoms. The predicted molar refractivity (Wildman–Crippen MR) is 104 cm³/mol. The zero-order valence-corrected chi connectivity index (χ0v) is 15.6. The molecule has 2 aromatic heterocycles. The molecule has 130 valence electrons. The third-order valence-electron chi connectivity index (χ3n) is 4.14. The van der Waals surface area contributed by atoms with Gasteiger partial charge in [-0.05, 0) is 42.5 Å². The van der Waals surface area contributed by atoms with Crippen molar-refractivity contribution in [3.8, 4) is 17.0 Å². The van der Waals surface area contributed by atoms with Gasteiger partial charge in [0, 0.05) is 17.1 Å². The van der Waals surface area contributed by atoms with Gasteiger partial charge in [-0.1, -0.05) is 50.6 Å². The smallest absolute Gasteiger partial charge is 0.171 e. The molecule has 4 heteroatoms. The van der Waals surface area contributed by atoms with Crippen LogP contribution in [-0.2, 0) is 0 Å². The Labute approximate surface area is 154 Å². The van der Waals surface area contributed by atoms with Crippen molar-refractivity contribution in [1.29, 1.82) is 0 Å². The molecule has 0 aliphatic heterocycles. The van der Waals surface area contributed by atoms with Crippen LogP contribution in [0.15, 0.2) is 48.7 Å². The molecule has 0 saturated heterocycles. The zero-order valence-electron chi connectivity index (χ0n) is 14.9. The second-order valence-electron chi connectivity index (χ2n) is 6.91. The first-order chi connectivity index (χ1) is 12.0. The minimum atomic E-state index is 0.398. The maximum Gasteiger partial charge on any atom is 0.171 e. The number of halogens is 1. The average Bonchev–Trinajstić information content (AvgIpc) is 2.59. The molecule has 1 aromatic carbocycles. The Bertz CT molecular complexity index is 858. The van der Waals surface area contributed by atoms with Crippen molar-refractivity contribution in [2.24, 2.45) is 11.8 Å². The van der Waals surface area contributed by atoms with Crippen LogP contribution in [0.2, 0.25) is 5.15 Å². The Kier molecular flexibility index (Phi) is 5.54. The number of aromatic nitrogens is 2. The molecule has 2 heterocycles. The van der Waals surface area contributed by atoms with Crippen molar-refractivity contribution in [3.05, 3.63) is 53.8 Å². The highest BCUT2D eigenvalue weighted by Crippen LogP contribution is 2.31. The van der Waals surface area contributed by atoms with Crippen molar-refractivity contribution in [3.63, 3.8) is 0 Å². The van der Waals surface area contributed by atoms with Gasteiger partial charge in [-0.15, -0.1) is 0 Å². The van der Waals surface area contributed by atoms with E-state index in [9.17, 15) is 0 Å². The topological polar surface area (TPSA) is 35.0 Å². The third kappa shape index (κ3) is 4.29. The van der Waals surface area contributed by atoms with Crippen LogP contribution in [0, 0.1) is 11.8 Å². The SMILES string of the molecule is CC(C)C[C@@H](C)COc1ccc(-c2ccnc3ccccc23)nc1Cl. The van der Waals surface area contributed by atoms with Crippen LogP contribution in [0.1, 0.15) is 27.2 Å². The summed E-state index contributed by atoms with van der Waals surface area (Å²) in [5.74, 6) is 1.79. The lowest BCUT2D eigenvalue weighted by Gasteiger charge is -2.16. The Hall–Kier alpha value is -2.13. The van der Waals surface area contributed by atoms with Gasteiger partial charge in [0.25, 0.3) is 0 Å². The number of benzene rings is 1. The number of hydrogen-bond donors (Lipinski definition) is 0. The molecule has 0 N–H and O–H groups in total. The van der Waals surface area contributed by atoms with E-state index in [0.29, 0.717) is 29.3 Å². The lowest BCUT2D eigenvalue weighted by atomic mass is 10.00. The van der Waals surface area contributed by atoms with Crippen molar-refractivity contribution in [1.82, 2.24) is 9.97 Å². The fourth-order valence-electron chi connectivity index (χ4n) is 3.10. The minimum absolute atomic E-state index is 0.398. The Balaban J connectivity index is 1.82. The van der Waals surface area contributed by atoms with E-state index in [-0.39, 0.29) is 0 Å². The summed E-state index contributed by atoms with van der Waals surface area (Å²) >= 11 is 6.37. The minimum Gasteiger partial charge on any atom is -0.490 e. The predicted octanol–water partition coefficient (Wildman–Crippen LogP) is 6.01. The highest BCUT2D eigenvalue weighted by Gasteiger charge is 2.11. The lowest BCUT2D eigenvalue weighted by molar-refractivity contribution is 0.238. The first-order valence-corrected chi connectivity index (χ1v) is 9.06. The van der Waals surface area contributed by atoms with E-state index in [1.54, 1.807) is 6.20 Å². The van der Waals surface area contributed by atoms with Crippen molar-refractivity contribution in [2.45, 2.75) is 27.2 Å². The van der Waals surface area contributed by atoms with Gasteiger partial charge in [0.05, 0.1) is 17.8 Å². The summed E-state index contributed by atoms with van der Waals surface area (Å²) < 4.78 is 5.87. The second kappa shape index (κ2) is 7.83. The molecule has 0 saturated carbocycles. The van der Waals surface area contributed by atoms with Gasteiger partial charge in [-0.2, -0.15) is 0 Å². The molecular weight excluding hydrogens is 332 g/mol. The highest BCUT2D eigenvalue weighted by atomic mass is 35.5. The van der Waals surface area contributed by atoms with Crippen molar-refractivity contribution < 1.29 is 4.74 Å². The fourth-order valence-corrected chi connectivity index (χ4v) is 3.31. The molecular formula is C21H23ClN2O. The normalized spacial score (nSPS) is 12.5. The Morgan fingerprint density at radius 1 is 1.04 bits per heavy atom. The molecule has 0 aliphatic carbocycles. The first kappa shape index (κ1) is 17.7. The number of hydrogen-bond acceptors (Lipinski definition) is 3.